The predicted molar refractivity (Wildman–Crippen MR) is 76.5 cm³/mol. The molecule has 1 N–H and O–H groups in total. The van der Waals surface area contributed by atoms with Crippen molar-refractivity contribution in [3.63, 3.8) is 0 Å². The van der Waals surface area contributed by atoms with Gasteiger partial charge in [-0.05, 0) is 27.3 Å². The quantitative estimate of drug-likeness (QED) is 0.917. The van der Waals surface area contributed by atoms with E-state index >= 15 is 0 Å². The minimum absolute atomic E-state index is 0.201. The van der Waals surface area contributed by atoms with E-state index in [4.69, 9.17) is 0 Å². The maximum absolute atomic E-state index is 4.67. The van der Waals surface area contributed by atoms with Gasteiger partial charge in [0, 0.05) is 13.5 Å². The van der Waals surface area contributed by atoms with Gasteiger partial charge in [0.15, 0.2) is 0 Å². The van der Waals surface area contributed by atoms with Crippen LogP contribution in [-0.4, -0.2) is 17.0 Å². The molecular formula is C13H22BrN3. The molecule has 0 aromatic carbocycles. The molecule has 1 rings (SSSR count). The van der Waals surface area contributed by atoms with Crippen LogP contribution in [0.4, 0.5) is 5.82 Å². The molecule has 0 spiro atoms. The minimum Gasteiger partial charge on any atom is -0.372 e. The lowest BCUT2D eigenvalue weighted by atomic mass is 9.92. The Kier molecular flexibility index (Phi) is 4.53. The van der Waals surface area contributed by atoms with Gasteiger partial charge in [0.2, 0.25) is 0 Å². The van der Waals surface area contributed by atoms with Crippen LogP contribution in [0.5, 0.6) is 0 Å². The van der Waals surface area contributed by atoms with Crippen LogP contribution in [0.1, 0.15) is 52.1 Å². The first-order chi connectivity index (χ1) is 7.74. The Morgan fingerprint density at radius 3 is 2.24 bits per heavy atom. The van der Waals surface area contributed by atoms with Crippen molar-refractivity contribution < 1.29 is 0 Å². The molecule has 0 unspecified atom stereocenters. The summed E-state index contributed by atoms with van der Waals surface area (Å²) in [4.78, 5) is 9.22. The molecule has 0 bridgehead atoms. The SMILES string of the molecule is CNc1nc(CC(C)(C)C)nc(C(C)C)c1Br. The molecule has 3 nitrogen and oxygen atoms in total. The van der Waals surface area contributed by atoms with E-state index in [-0.39, 0.29) is 5.41 Å². The van der Waals surface area contributed by atoms with Crippen molar-refractivity contribution in [2.45, 2.75) is 47.0 Å². The van der Waals surface area contributed by atoms with Crippen molar-refractivity contribution in [1.29, 1.82) is 0 Å². The molecule has 0 fully saturated rings. The second-order valence-corrected chi connectivity index (χ2v) is 6.62. The first-order valence-corrected chi connectivity index (χ1v) is 6.78. The summed E-state index contributed by atoms with van der Waals surface area (Å²) < 4.78 is 0.979. The topological polar surface area (TPSA) is 37.8 Å². The fourth-order valence-corrected chi connectivity index (χ4v) is 2.45. The molecule has 1 aromatic rings. The Bertz CT molecular complexity index is 394. The molecule has 0 saturated heterocycles. The first-order valence-electron chi connectivity index (χ1n) is 5.98. The fourth-order valence-electron chi connectivity index (χ4n) is 1.61. The summed E-state index contributed by atoms with van der Waals surface area (Å²) in [5.41, 5.74) is 1.27. The molecular weight excluding hydrogens is 278 g/mol. The zero-order valence-electron chi connectivity index (χ0n) is 11.6. The fraction of sp³-hybridized carbons (Fsp3) is 0.692. The van der Waals surface area contributed by atoms with Gasteiger partial charge >= 0.3 is 0 Å². The van der Waals surface area contributed by atoms with Crippen LogP contribution in [0.25, 0.3) is 0 Å². The van der Waals surface area contributed by atoms with Gasteiger partial charge < -0.3 is 5.32 Å². The van der Waals surface area contributed by atoms with Crippen LogP contribution in [0.3, 0.4) is 0 Å². The zero-order valence-corrected chi connectivity index (χ0v) is 13.1. The number of nitrogens with one attached hydrogen (secondary N) is 1. The van der Waals surface area contributed by atoms with Crippen LogP contribution in [-0.2, 0) is 6.42 Å². The Labute approximate surface area is 113 Å². The highest BCUT2D eigenvalue weighted by molar-refractivity contribution is 9.10. The van der Waals surface area contributed by atoms with E-state index in [1.807, 2.05) is 7.05 Å². The van der Waals surface area contributed by atoms with E-state index in [2.05, 4.69) is 65.8 Å². The lowest BCUT2D eigenvalue weighted by molar-refractivity contribution is 0.400. The summed E-state index contributed by atoms with van der Waals surface area (Å²) in [6, 6.07) is 0. The lowest BCUT2D eigenvalue weighted by Crippen LogP contribution is -2.15. The molecule has 0 saturated carbocycles. The highest BCUT2D eigenvalue weighted by Crippen LogP contribution is 2.30. The average molecular weight is 300 g/mol. The van der Waals surface area contributed by atoms with Crippen LogP contribution >= 0.6 is 15.9 Å². The molecule has 96 valence electrons. The van der Waals surface area contributed by atoms with Crippen LogP contribution < -0.4 is 5.32 Å². The molecule has 0 radical (unpaired) electrons. The maximum Gasteiger partial charge on any atom is 0.144 e. The number of hydrogen-bond acceptors (Lipinski definition) is 3. The normalized spacial score (nSPS) is 12.0. The van der Waals surface area contributed by atoms with Crippen LogP contribution in [0.15, 0.2) is 4.47 Å². The lowest BCUT2D eigenvalue weighted by Gasteiger charge is -2.19. The van der Waals surface area contributed by atoms with Crippen LogP contribution in [0.2, 0.25) is 0 Å². The van der Waals surface area contributed by atoms with Crippen molar-refractivity contribution in [2.24, 2.45) is 5.41 Å². The molecule has 17 heavy (non-hydrogen) atoms. The smallest absolute Gasteiger partial charge is 0.144 e. The number of halogens is 1. The van der Waals surface area contributed by atoms with E-state index in [0.717, 1.165) is 28.2 Å². The first kappa shape index (κ1) is 14.4. The number of hydrogen-bond donors (Lipinski definition) is 1. The monoisotopic (exact) mass is 299 g/mol. The third kappa shape index (κ3) is 3.95. The zero-order chi connectivity index (χ0) is 13.2. The Hall–Kier alpha value is -0.640. The number of aromatic nitrogens is 2. The van der Waals surface area contributed by atoms with E-state index in [9.17, 15) is 0 Å². The summed E-state index contributed by atoms with van der Waals surface area (Å²) in [5, 5.41) is 3.12. The Morgan fingerprint density at radius 1 is 1.24 bits per heavy atom. The summed E-state index contributed by atoms with van der Waals surface area (Å²) in [6.07, 6.45) is 0.884. The molecule has 1 heterocycles. The Balaban J connectivity index is 3.21. The van der Waals surface area contributed by atoms with Crippen molar-refractivity contribution in [2.75, 3.05) is 12.4 Å². The second kappa shape index (κ2) is 5.34. The largest absolute Gasteiger partial charge is 0.372 e. The summed E-state index contributed by atoms with van der Waals surface area (Å²) in [7, 11) is 1.89. The van der Waals surface area contributed by atoms with Crippen molar-refractivity contribution in [3.8, 4) is 0 Å². The molecule has 0 aliphatic heterocycles. The number of nitrogens with zero attached hydrogens (tertiary/aromatic N) is 2. The molecule has 1 aromatic heterocycles. The molecule has 4 heteroatoms. The summed E-state index contributed by atoms with van der Waals surface area (Å²) in [5.74, 6) is 2.18. The van der Waals surface area contributed by atoms with Crippen molar-refractivity contribution >= 4 is 21.7 Å². The predicted octanol–water partition coefficient (Wildman–Crippen LogP) is 3.99. The van der Waals surface area contributed by atoms with E-state index in [1.165, 1.54) is 0 Å². The highest BCUT2D eigenvalue weighted by atomic mass is 79.9. The highest BCUT2D eigenvalue weighted by Gasteiger charge is 2.18. The number of rotatable bonds is 3. The Morgan fingerprint density at radius 2 is 1.82 bits per heavy atom. The van der Waals surface area contributed by atoms with Gasteiger partial charge in [0.25, 0.3) is 0 Å². The van der Waals surface area contributed by atoms with Gasteiger partial charge in [0.05, 0.1) is 10.2 Å². The molecule has 0 aliphatic rings. The van der Waals surface area contributed by atoms with Crippen molar-refractivity contribution in [1.82, 2.24) is 9.97 Å². The van der Waals surface area contributed by atoms with Crippen molar-refractivity contribution in [3.05, 3.63) is 16.0 Å². The van der Waals surface area contributed by atoms with Gasteiger partial charge in [-0.1, -0.05) is 34.6 Å². The summed E-state index contributed by atoms with van der Waals surface area (Å²) in [6.45, 7) is 10.9. The van der Waals surface area contributed by atoms with Gasteiger partial charge in [0.1, 0.15) is 11.6 Å². The average Bonchev–Trinajstić information content (AvgIpc) is 2.17. The standard InChI is InChI=1S/C13H22BrN3/c1-8(2)11-10(14)12(15-6)17-9(16-11)7-13(3,4)5/h8H,7H2,1-6H3,(H,15,16,17). The van der Waals surface area contributed by atoms with E-state index in [1.54, 1.807) is 0 Å². The maximum atomic E-state index is 4.67. The second-order valence-electron chi connectivity index (χ2n) is 5.83. The summed E-state index contributed by atoms with van der Waals surface area (Å²) >= 11 is 3.57. The third-order valence-electron chi connectivity index (χ3n) is 2.40. The van der Waals surface area contributed by atoms with Gasteiger partial charge in [-0.2, -0.15) is 0 Å². The minimum atomic E-state index is 0.201. The number of anilines is 1. The molecule has 0 aliphatic carbocycles. The van der Waals surface area contributed by atoms with Gasteiger partial charge in [-0.15, -0.1) is 0 Å². The van der Waals surface area contributed by atoms with E-state index < -0.39 is 0 Å². The van der Waals surface area contributed by atoms with Gasteiger partial charge in [-0.3, -0.25) is 0 Å². The molecule has 0 atom stereocenters. The van der Waals surface area contributed by atoms with Crippen LogP contribution in [0, 0.1) is 5.41 Å². The van der Waals surface area contributed by atoms with E-state index in [0.29, 0.717) is 5.92 Å². The molecule has 0 amide bonds. The van der Waals surface area contributed by atoms with Gasteiger partial charge in [-0.25, -0.2) is 9.97 Å². The third-order valence-corrected chi connectivity index (χ3v) is 3.18.